The van der Waals surface area contributed by atoms with E-state index in [-0.39, 0.29) is 35.7 Å². The maximum Gasteiger partial charge on any atom is 0.188 e. The summed E-state index contributed by atoms with van der Waals surface area (Å²) in [5, 5.41) is 21.2. The molecule has 0 radical (unpaired) electrons. The number of hydrogen-bond acceptors (Lipinski definition) is 7. The molecule has 1 saturated heterocycles. The van der Waals surface area contributed by atoms with Crippen molar-refractivity contribution in [1.29, 1.82) is 5.26 Å². The Bertz CT molecular complexity index is 1250. The second kappa shape index (κ2) is 8.16. The van der Waals surface area contributed by atoms with Gasteiger partial charge in [-0.3, -0.25) is 9.59 Å². The van der Waals surface area contributed by atoms with Crippen molar-refractivity contribution in [2.75, 3.05) is 0 Å². The molecule has 188 valence electrons. The van der Waals surface area contributed by atoms with E-state index in [9.17, 15) is 20.0 Å². The lowest BCUT2D eigenvalue weighted by Crippen LogP contribution is -2.63. The number of nitriles is 1. The van der Waals surface area contributed by atoms with Crippen LogP contribution in [0.5, 0.6) is 0 Å². The molecule has 6 rings (SSSR count). The Morgan fingerprint density at radius 2 is 2.19 bits per heavy atom. The summed E-state index contributed by atoms with van der Waals surface area (Å²) in [5.74, 6) is -0.140. The SMILES string of the molecule is C[C@]12C=CC(=O)C=C1CC[C@@H]1[C@@H]2[C@@H](O)C[C@@]2(C)[C@H]1C[C@H]1OC(c3cccnc3Br)O[C@]12C(=O)CC#N. The number of fused-ring (bicyclic) bond motifs is 7. The summed E-state index contributed by atoms with van der Waals surface area (Å²) in [6.45, 7) is 4.17. The van der Waals surface area contributed by atoms with E-state index in [4.69, 9.17) is 9.47 Å². The van der Waals surface area contributed by atoms with Crippen LogP contribution in [0.1, 0.15) is 57.8 Å². The minimum atomic E-state index is -1.32. The van der Waals surface area contributed by atoms with Crippen molar-refractivity contribution >= 4 is 27.5 Å². The highest BCUT2D eigenvalue weighted by Gasteiger charge is 2.75. The van der Waals surface area contributed by atoms with E-state index in [2.05, 4.69) is 27.8 Å². The fourth-order valence-corrected chi connectivity index (χ4v) is 8.92. The fraction of sp³-hybridized carbons (Fsp3) is 0.571. The molecule has 7 nitrogen and oxygen atoms in total. The van der Waals surface area contributed by atoms with Crippen LogP contribution in [0.4, 0.5) is 0 Å². The third-order valence-corrected chi connectivity index (χ3v) is 10.6. The first-order chi connectivity index (χ1) is 17.2. The van der Waals surface area contributed by atoms with Crippen LogP contribution in [0, 0.1) is 39.9 Å². The van der Waals surface area contributed by atoms with E-state index in [1.165, 1.54) is 0 Å². The summed E-state index contributed by atoms with van der Waals surface area (Å²) in [6, 6.07) is 5.67. The maximum atomic E-state index is 13.8. The summed E-state index contributed by atoms with van der Waals surface area (Å²) < 4.78 is 13.7. The molecule has 3 saturated carbocycles. The Morgan fingerprint density at radius 3 is 2.94 bits per heavy atom. The summed E-state index contributed by atoms with van der Waals surface area (Å²) in [4.78, 5) is 30.1. The standard InChI is InChI=1S/C28H29BrN2O5/c1-26-9-7-16(32)12-15(26)5-6-17-19-13-22-28(21(34)8-10-30,27(19,2)14-20(33)23(17)26)36-25(35-22)18-4-3-11-31-24(18)29/h3-4,7,9,11-12,17,19-20,22-23,25,33H,5-6,8,13-14H2,1-2H3/t17-,19-,20-,22+,23+,25?,26-,27-,28+/m0/s1. The predicted molar refractivity (Wildman–Crippen MR) is 132 cm³/mol. The predicted octanol–water partition coefficient (Wildman–Crippen LogP) is 4.37. The number of aliphatic hydroxyl groups excluding tert-OH is 1. The van der Waals surface area contributed by atoms with Gasteiger partial charge >= 0.3 is 0 Å². The second-order valence-electron chi connectivity index (χ2n) is 11.4. The van der Waals surface area contributed by atoms with Gasteiger partial charge in [0.05, 0.1) is 24.7 Å². The number of allylic oxidation sites excluding steroid dienone is 4. The molecule has 0 spiro atoms. The van der Waals surface area contributed by atoms with Gasteiger partial charge in [-0.05, 0) is 77.7 Å². The number of carbonyl (C=O) groups excluding carboxylic acids is 2. The van der Waals surface area contributed by atoms with Gasteiger partial charge in [-0.2, -0.15) is 5.26 Å². The zero-order valence-corrected chi connectivity index (χ0v) is 21.9. The number of rotatable bonds is 3. The Morgan fingerprint density at radius 1 is 1.39 bits per heavy atom. The lowest BCUT2D eigenvalue weighted by Gasteiger charge is -2.59. The van der Waals surface area contributed by atoms with Crippen LogP contribution in [0.3, 0.4) is 0 Å². The van der Waals surface area contributed by atoms with E-state index in [0.717, 1.165) is 18.4 Å². The van der Waals surface area contributed by atoms with Gasteiger partial charge in [0, 0.05) is 28.5 Å². The first-order valence-electron chi connectivity index (χ1n) is 12.6. The number of pyridine rings is 1. The zero-order valence-electron chi connectivity index (χ0n) is 20.3. The Labute approximate surface area is 218 Å². The molecule has 1 aliphatic heterocycles. The van der Waals surface area contributed by atoms with Gasteiger partial charge in [-0.1, -0.05) is 25.5 Å². The molecule has 0 aromatic carbocycles. The monoisotopic (exact) mass is 552 g/mol. The van der Waals surface area contributed by atoms with Crippen LogP contribution in [-0.4, -0.2) is 39.5 Å². The van der Waals surface area contributed by atoms with Crippen LogP contribution >= 0.6 is 15.9 Å². The zero-order chi connectivity index (χ0) is 25.5. The minimum absolute atomic E-state index is 0.00178. The van der Waals surface area contributed by atoms with E-state index in [0.29, 0.717) is 23.0 Å². The highest BCUT2D eigenvalue weighted by atomic mass is 79.9. The molecule has 2 heterocycles. The van der Waals surface area contributed by atoms with Crippen LogP contribution in [0.15, 0.2) is 46.7 Å². The molecule has 4 aliphatic carbocycles. The number of aliphatic hydroxyl groups is 1. The third kappa shape index (κ3) is 3.03. The number of carbonyl (C=O) groups is 2. The highest BCUT2D eigenvalue weighted by Crippen LogP contribution is 2.70. The Balaban J connectivity index is 1.42. The quantitative estimate of drug-likeness (QED) is 0.554. The van der Waals surface area contributed by atoms with Gasteiger partial charge in [0.15, 0.2) is 23.5 Å². The number of hydrogen-bond donors (Lipinski definition) is 1. The molecule has 1 aromatic rings. The number of halogens is 1. The second-order valence-corrected chi connectivity index (χ2v) is 12.2. The average molecular weight is 553 g/mol. The van der Waals surface area contributed by atoms with Crippen molar-refractivity contribution in [3.8, 4) is 6.07 Å². The largest absolute Gasteiger partial charge is 0.393 e. The van der Waals surface area contributed by atoms with E-state index in [1.54, 1.807) is 24.4 Å². The number of ketones is 2. The molecule has 0 amide bonds. The molecule has 9 atom stereocenters. The third-order valence-electron chi connectivity index (χ3n) is 9.93. The lowest BCUT2D eigenvalue weighted by molar-refractivity contribution is -0.199. The molecule has 0 bridgehead atoms. The van der Waals surface area contributed by atoms with Gasteiger partial charge in [0.25, 0.3) is 0 Å². The van der Waals surface area contributed by atoms with Gasteiger partial charge < -0.3 is 14.6 Å². The smallest absolute Gasteiger partial charge is 0.188 e. The number of Topliss-reactive ketones (excluding diaryl/α,β-unsaturated/α-hetero) is 1. The fourth-order valence-electron chi connectivity index (χ4n) is 8.48. The lowest BCUT2D eigenvalue weighted by atomic mass is 9.46. The maximum absolute atomic E-state index is 13.8. The summed E-state index contributed by atoms with van der Waals surface area (Å²) >= 11 is 3.47. The molecule has 4 fully saturated rings. The first-order valence-corrected chi connectivity index (χ1v) is 13.4. The first kappa shape index (κ1) is 24.2. The van der Waals surface area contributed by atoms with Crippen molar-refractivity contribution in [2.24, 2.45) is 28.6 Å². The number of nitrogens with zero attached hydrogens (tertiary/aromatic N) is 2. The summed E-state index contributed by atoms with van der Waals surface area (Å²) in [7, 11) is 0. The summed E-state index contributed by atoms with van der Waals surface area (Å²) in [5.41, 5.74) is -0.649. The molecule has 5 aliphatic rings. The van der Waals surface area contributed by atoms with Crippen LogP contribution < -0.4 is 0 Å². The topological polar surface area (TPSA) is 110 Å². The van der Waals surface area contributed by atoms with Gasteiger partial charge in [-0.25, -0.2) is 4.98 Å². The molecule has 1 aromatic heterocycles. The molecule has 8 heteroatoms. The molecule has 1 N–H and O–H groups in total. The molecule has 1 unspecified atom stereocenters. The van der Waals surface area contributed by atoms with Crippen molar-refractivity contribution in [2.45, 2.75) is 70.1 Å². The van der Waals surface area contributed by atoms with E-state index >= 15 is 0 Å². The number of aromatic nitrogens is 1. The number of ether oxygens (including phenoxy) is 2. The molecule has 36 heavy (non-hydrogen) atoms. The summed E-state index contributed by atoms with van der Waals surface area (Å²) in [6.07, 6.45) is 7.30. The van der Waals surface area contributed by atoms with Crippen LogP contribution in [0.25, 0.3) is 0 Å². The Kier molecular flexibility index (Phi) is 5.48. The minimum Gasteiger partial charge on any atom is -0.393 e. The van der Waals surface area contributed by atoms with Gasteiger partial charge in [-0.15, -0.1) is 0 Å². The van der Waals surface area contributed by atoms with Crippen molar-refractivity contribution in [3.05, 3.63) is 52.3 Å². The molecular weight excluding hydrogens is 524 g/mol. The molecular formula is C28H29BrN2O5. The van der Waals surface area contributed by atoms with Gasteiger partial charge in [0.1, 0.15) is 4.60 Å². The highest BCUT2D eigenvalue weighted by molar-refractivity contribution is 9.10. The van der Waals surface area contributed by atoms with Gasteiger partial charge in [0.2, 0.25) is 0 Å². The van der Waals surface area contributed by atoms with Crippen molar-refractivity contribution in [3.63, 3.8) is 0 Å². The van der Waals surface area contributed by atoms with E-state index in [1.807, 2.05) is 25.1 Å². The van der Waals surface area contributed by atoms with E-state index < -0.39 is 34.9 Å². The average Bonchev–Trinajstić information content (AvgIpc) is 3.33. The van der Waals surface area contributed by atoms with Crippen molar-refractivity contribution in [1.82, 2.24) is 4.98 Å². The van der Waals surface area contributed by atoms with Crippen LogP contribution in [-0.2, 0) is 19.1 Å². The normalized spacial score (nSPS) is 44.6. The van der Waals surface area contributed by atoms with Crippen LogP contribution in [0.2, 0.25) is 0 Å². The van der Waals surface area contributed by atoms with Crippen molar-refractivity contribution < 1.29 is 24.2 Å². The Hall–Kier alpha value is -2.18.